The van der Waals surface area contributed by atoms with Gasteiger partial charge in [0.1, 0.15) is 0 Å². The molecule has 0 radical (unpaired) electrons. The fourth-order valence-electron chi connectivity index (χ4n) is 2.97. The molecule has 1 N–H and O–H groups in total. The lowest BCUT2D eigenvalue weighted by atomic mass is 9.71. The maximum Gasteiger partial charge on any atom is 0.0825 e. The van der Waals surface area contributed by atoms with E-state index in [1.165, 1.54) is 32.2 Å². The second kappa shape index (κ2) is 3.72. The normalized spacial score (nSPS) is 49.0. The maximum absolute atomic E-state index is 5.39. The Hall–Kier alpha value is -0.120. The first-order valence-electron chi connectivity index (χ1n) is 6.23. The number of hydrogen-bond donors (Lipinski definition) is 1. The Bertz CT molecular complexity index is 238. The Morgan fingerprint density at radius 1 is 1.27 bits per heavy atom. The molecular formula is C12H21NO2. The summed E-state index contributed by atoms with van der Waals surface area (Å²) in [4.78, 5) is 0. The molecule has 0 saturated carbocycles. The number of ether oxygens (including phenoxy) is 2. The smallest absolute Gasteiger partial charge is 0.0825 e. The number of hydrogen-bond acceptors (Lipinski definition) is 3. The molecule has 0 aromatic carbocycles. The van der Waals surface area contributed by atoms with Crippen LogP contribution in [0.15, 0.2) is 0 Å². The van der Waals surface area contributed by atoms with E-state index in [2.05, 4.69) is 12.2 Å². The molecule has 0 aliphatic carbocycles. The van der Waals surface area contributed by atoms with Crippen molar-refractivity contribution in [3.05, 3.63) is 0 Å². The van der Waals surface area contributed by atoms with Gasteiger partial charge in [0.25, 0.3) is 0 Å². The number of nitrogens with one attached hydrogen (secondary N) is 1. The first-order valence-corrected chi connectivity index (χ1v) is 6.23. The Kier molecular flexibility index (Phi) is 2.49. The molecular weight excluding hydrogens is 190 g/mol. The molecule has 15 heavy (non-hydrogen) atoms. The minimum Gasteiger partial charge on any atom is -0.373 e. The van der Waals surface area contributed by atoms with Gasteiger partial charge in [-0.15, -0.1) is 0 Å². The fraction of sp³-hybridized carbons (Fsp3) is 1.00. The summed E-state index contributed by atoms with van der Waals surface area (Å²) in [5.41, 5.74) is 0.436. The monoisotopic (exact) mass is 211 g/mol. The lowest BCUT2D eigenvalue weighted by Crippen LogP contribution is -2.49. The Labute approximate surface area is 91.5 Å². The van der Waals surface area contributed by atoms with E-state index >= 15 is 0 Å². The summed E-state index contributed by atoms with van der Waals surface area (Å²) in [7, 11) is 0. The summed E-state index contributed by atoms with van der Waals surface area (Å²) in [5, 5.41) is 3.68. The molecule has 0 bridgehead atoms. The summed E-state index contributed by atoms with van der Waals surface area (Å²) in [6.45, 7) is 5.57. The Morgan fingerprint density at radius 3 is 2.67 bits per heavy atom. The van der Waals surface area contributed by atoms with E-state index < -0.39 is 0 Å². The van der Waals surface area contributed by atoms with Gasteiger partial charge in [0.05, 0.1) is 25.4 Å². The van der Waals surface area contributed by atoms with Crippen LogP contribution in [0.2, 0.25) is 0 Å². The third-order valence-electron chi connectivity index (χ3n) is 4.15. The van der Waals surface area contributed by atoms with Crippen molar-refractivity contribution >= 4 is 0 Å². The lowest BCUT2D eigenvalue weighted by Gasteiger charge is -2.42. The summed E-state index contributed by atoms with van der Waals surface area (Å²) in [6, 6.07) is 0.642. The molecule has 0 spiro atoms. The van der Waals surface area contributed by atoms with E-state index in [-0.39, 0.29) is 0 Å². The zero-order valence-electron chi connectivity index (χ0n) is 9.50. The van der Waals surface area contributed by atoms with Gasteiger partial charge in [-0.3, -0.25) is 0 Å². The molecule has 3 nitrogen and oxygen atoms in total. The molecule has 3 heterocycles. The first kappa shape index (κ1) is 10.1. The van der Waals surface area contributed by atoms with Crippen molar-refractivity contribution < 1.29 is 9.47 Å². The quantitative estimate of drug-likeness (QED) is 0.713. The van der Waals surface area contributed by atoms with Crippen molar-refractivity contribution in [2.75, 3.05) is 19.8 Å². The molecule has 86 valence electrons. The average Bonchev–Trinajstić information content (AvgIpc) is 3.04. The Balaban J connectivity index is 1.63. The lowest BCUT2D eigenvalue weighted by molar-refractivity contribution is 0.116. The predicted octanol–water partition coefficient (Wildman–Crippen LogP) is 1.32. The van der Waals surface area contributed by atoms with Crippen LogP contribution in [-0.4, -0.2) is 38.0 Å². The van der Waals surface area contributed by atoms with E-state index in [9.17, 15) is 0 Å². The predicted molar refractivity (Wildman–Crippen MR) is 57.8 cm³/mol. The first-order chi connectivity index (χ1) is 7.26. The van der Waals surface area contributed by atoms with E-state index in [0.29, 0.717) is 23.7 Å². The number of epoxide rings is 2. The minimum atomic E-state index is 0.436. The SMILES string of the molecule is CC1(CC2CO2)CCCNC1CC1CO1. The van der Waals surface area contributed by atoms with Crippen LogP contribution in [0.1, 0.15) is 32.6 Å². The van der Waals surface area contributed by atoms with Crippen molar-refractivity contribution in [3.8, 4) is 0 Å². The highest BCUT2D eigenvalue weighted by Gasteiger charge is 2.43. The molecule has 3 rings (SSSR count). The van der Waals surface area contributed by atoms with Crippen LogP contribution < -0.4 is 5.32 Å². The van der Waals surface area contributed by atoms with Crippen LogP contribution in [0.25, 0.3) is 0 Å². The van der Waals surface area contributed by atoms with Crippen molar-refractivity contribution in [1.29, 1.82) is 0 Å². The Morgan fingerprint density at radius 2 is 2.00 bits per heavy atom. The molecule has 4 unspecified atom stereocenters. The summed E-state index contributed by atoms with van der Waals surface area (Å²) < 4.78 is 10.7. The van der Waals surface area contributed by atoms with Gasteiger partial charge in [0.15, 0.2) is 0 Å². The third-order valence-corrected chi connectivity index (χ3v) is 4.15. The van der Waals surface area contributed by atoms with Crippen LogP contribution in [-0.2, 0) is 9.47 Å². The van der Waals surface area contributed by atoms with Crippen LogP contribution >= 0.6 is 0 Å². The van der Waals surface area contributed by atoms with Gasteiger partial charge in [0, 0.05) is 6.04 Å². The molecule has 0 amide bonds. The van der Waals surface area contributed by atoms with Crippen molar-refractivity contribution in [1.82, 2.24) is 5.32 Å². The van der Waals surface area contributed by atoms with Gasteiger partial charge in [0.2, 0.25) is 0 Å². The van der Waals surface area contributed by atoms with E-state index in [0.717, 1.165) is 13.2 Å². The second-order valence-corrected chi connectivity index (χ2v) is 5.61. The number of piperidine rings is 1. The van der Waals surface area contributed by atoms with Crippen LogP contribution in [0, 0.1) is 5.41 Å². The number of rotatable bonds is 4. The molecule has 3 fully saturated rings. The summed E-state index contributed by atoms with van der Waals surface area (Å²) in [6.07, 6.45) is 6.18. The van der Waals surface area contributed by atoms with Gasteiger partial charge in [-0.1, -0.05) is 6.92 Å². The minimum absolute atomic E-state index is 0.436. The fourth-order valence-corrected chi connectivity index (χ4v) is 2.97. The molecule has 3 aliphatic rings. The molecule has 4 atom stereocenters. The third kappa shape index (κ3) is 2.35. The van der Waals surface area contributed by atoms with Crippen molar-refractivity contribution in [3.63, 3.8) is 0 Å². The highest BCUT2D eigenvalue weighted by Crippen LogP contribution is 2.41. The van der Waals surface area contributed by atoms with E-state index in [1.54, 1.807) is 0 Å². The van der Waals surface area contributed by atoms with Gasteiger partial charge in [-0.25, -0.2) is 0 Å². The molecule has 3 saturated heterocycles. The largest absolute Gasteiger partial charge is 0.373 e. The maximum atomic E-state index is 5.39. The zero-order valence-corrected chi connectivity index (χ0v) is 9.50. The average molecular weight is 211 g/mol. The van der Waals surface area contributed by atoms with E-state index in [4.69, 9.17) is 9.47 Å². The zero-order chi connectivity index (χ0) is 10.3. The van der Waals surface area contributed by atoms with Crippen LogP contribution in [0.4, 0.5) is 0 Å². The van der Waals surface area contributed by atoms with Crippen molar-refractivity contribution in [2.45, 2.75) is 50.9 Å². The van der Waals surface area contributed by atoms with Crippen LogP contribution in [0.3, 0.4) is 0 Å². The standard InChI is InChI=1S/C12H21NO2/c1-12(6-10-8-15-10)3-2-4-13-11(12)5-9-7-14-9/h9-11,13H,2-8H2,1H3. The van der Waals surface area contributed by atoms with Crippen LogP contribution in [0.5, 0.6) is 0 Å². The highest BCUT2D eigenvalue weighted by molar-refractivity contribution is 4.97. The molecule has 3 heteroatoms. The molecule has 0 aromatic rings. The summed E-state index contributed by atoms with van der Waals surface area (Å²) in [5.74, 6) is 0. The topological polar surface area (TPSA) is 37.1 Å². The highest BCUT2D eigenvalue weighted by atomic mass is 16.6. The van der Waals surface area contributed by atoms with E-state index in [1.807, 2.05) is 0 Å². The molecule has 0 aromatic heterocycles. The van der Waals surface area contributed by atoms with Gasteiger partial charge in [-0.2, -0.15) is 0 Å². The molecule has 3 aliphatic heterocycles. The van der Waals surface area contributed by atoms with Gasteiger partial charge in [-0.05, 0) is 37.6 Å². The van der Waals surface area contributed by atoms with Gasteiger partial charge < -0.3 is 14.8 Å². The van der Waals surface area contributed by atoms with Gasteiger partial charge >= 0.3 is 0 Å². The summed E-state index contributed by atoms with van der Waals surface area (Å²) >= 11 is 0. The second-order valence-electron chi connectivity index (χ2n) is 5.61. The van der Waals surface area contributed by atoms with Crippen molar-refractivity contribution in [2.24, 2.45) is 5.41 Å².